The summed E-state index contributed by atoms with van der Waals surface area (Å²) in [4.78, 5) is 8.74. The van der Waals surface area contributed by atoms with E-state index in [-0.39, 0.29) is 11.3 Å². The molecule has 1 aliphatic rings. The van der Waals surface area contributed by atoms with E-state index in [9.17, 15) is 0 Å². The van der Waals surface area contributed by atoms with E-state index in [2.05, 4.69) is 51.5 Å². The van der Waals surface area contributed by atoms with Gasteiger partial charge in [0, 0.05) is 5.92 Å². The standard InChI is InChI=1S/C16H18N6/c1-12(9-22-11-17-10-18-22)14-19-15(21-20-14)16(7-8-16)13-5-3-2-4-6-13/h2-6,10-12H,7-9H2,1H3,(H,19,20,21). The lowest BCUT2D eigenvalue weighted by molar-refractivity contribution is 0.524. The van der Waals surface area contributed by atoms with E-state index in [0.29, 0.717) is 0 Å². The lowest BCUT2D eigenvalue weighted by Crippen LogP contribution is -2.11. The summed E-state index contributed by atoms with van der Waals surface area (Å²) < 4.78 is 1.82. The Kier molecular flexibility index (Phi) is 3.03. The lowest BCUT2D eigenvalue weighted by Gasteiger charge is -2.11. The summed E-state index contributed by atoms with van der Waals surface area (Å²) >= 11 is 0. The van der Waals surface area contributed by atoms with Crippen LogP contribution in [0.15, 0.2) is 43.0 Å². The molecule has 0 aliphatic heterocycles. The Morgan fingerprint density at radius 3 is 2.77 bits per heavy atom. The Labute approximate surface area is 128 Å². The van der Waals surface area contributed by atoms with Gasteiger partial charge in [-0.15, -0.1) is 0 Å². The highest BCUT2D eigenvalue weighted by Crippen LogP contribution is 2.52. The molecule has 0 bridgehead atoms. The third-order valence-corrected chi connectivity index (χ3v) is 4.40. The van der Waals surface area contributed by atoms with Crippen molar-refractivity contribution >= 4 is 0 Å². The topological polar surface area (TPSA) is 72.3 Å². The molecule has 1 aliphatic carbocycles. The second-order valence-electron chi connectivity index (χ2n) is 6.01. The minimum atomic E-state index is 0.0169. The molecule has 6 nitrogen and oxygen atoms in total. The molecule has 1 N–H and O–H groups in total. The molecule has 1 fully saturated rings. The van der Waals surface area contributed by atoms with Gasteiger partial charge in [0.05, 0.1) is 12.0 Å². The highest BCUT2D eigenvalue weighted by molar-refractivity contribution is 5.38. The van der Waals surface area contributed by atoms with Gasteiger partial charge in [0.15, 0.2) is 5.82 Å². The summed E-state index contributed by atoms with van der Waals surface area (Å²) in [6.07, 6.45) is 5.50. The number of nitrogens with one attached hydrogen (secondary N) is 1. The van der Waals surface area contributed by atoms with Crippen LogP contribution in [0.1, 0.15) is 42.9 Å². The number of H-pyrrole nitrogens is 1. The predicted molar refractivity (Wildman–Crippen MR) is 81.3 cm³/mol. The van der Waals surface area contributed by atoms with Crippen LogP contribution in [0.25, 0.3) is 0 Å². The van der Waals surface area contributed by atoms with Gasteiger partial charge < -0.3 is 0 Å². The van der Waals surface area contributed by atoms with Crippen LogP contribution in [0.3, 0.4) is 0 Å². The van der Waals surface area contributed by atoms with Crippen molar-refractivity contribution in [3.8, 4) is 0 Å². The number of aromatic amines is 1. The molecule has 0 amide bonds. The van der Waals surface area contributed by atoms with E-state index >= 15 is 0 Å². The fourth-order valence-electron chi connectivity index (χ4n) is 2.93. The van der Waals surface area contributed by atoms with Crippen LogP contribution in [0.5, 0.6) is 0 Å². The van der Waals surface area contributed by atoms with Crippen LogP contribution in [0.4, 0.5) is 0 Å². The molecule has 1 saturated carbocycles. The maximum absolute atomic E-state index is 4.77. The molecule has 2 aromatic heterocycles. The van der Waals surface area contributed by atoms with Crippen LogP contribution in [-0.2, 0) is 12.0 Å². The number of hydrogen-bond acceptors (Lipinski definition) is 4. The first-order chi connectivity index (χ1) is 10.8. The normalized spacial score (nSPS) is 17.3. The van der Waals surface area contributed by atoms with Crippen molar-refractivity contribution in [2.75, 3.05) is 0 Å². The van der Waals surface area contributed by atoms with Gasteiger partial charge in [0.25, 0.3) is 0 Å². The van der Waals surface area contributed by atoms with E-state index in [1.54, 1.807) is 12.7 Å². The second-order valence-corrected chi connectivity index (χ2v) is 6.01. The largest absolute Gasteiger partial charge is 0.263 e. The van der Waals surface area contributed by atoms with Gasteiger partial charge in [-0.1, -0.05) is 37.3 Å². The first-order valence-electron chi connectivity index (χ1n) is 7.59. The average molecular weight is 294 g/mol. The smallest absolute Gasteiger partial charge is 0.161 e. The number of hydrogen-bond donors (Lipinski definition) is 1. The molecule has 22 heavy (non-hydrogen) atoms. The summed E-state index contributed by atoms with van der Waals surface area (Å²) in [7, 11) is 0. The van der Waals surface area contributed by atoms with Crippen molar-refractivity contribution in [2.24, 2.45) is 0 Å². The number of aromatic nitrogens is 6. The Morgan fingerprint density at radius 1 is 1.27 bits per heavy atom. The van der Waals surface area contributed by atoms with Crippen molar-refractivity contribution in [1.29, 1.82) is 0 Å². The molecular weight excluding hydrogens is 276 g/mol. The van der Waals surface area contributed by atoms with Crippen molar-refractivity contribution < 1.29 is 0 Å². The van der Waals surface area contributed by atoms with Crippen LogP contribution in [-0.4, -0.2) is 29.9 Å². The fraction of sp³-hybridized carbons (Fsp3) is 0.375. The Hall–Kier alpha value is -2.50. The highest BCUT2D eigenvalue weighted by Gasteiger charge is 2.49. The molecule has 1 atom stereocenters. The van der Waals surface area contributed by atoms with Crippen molar-refractivity contribution in [2.45, 2.75) is 37.6 Å². The molecule has 2 heterocycles. The molecular formula is C16H18N6. The summed E-state index contributed by atoms with van der Waals surface area (Å²) in [6, 6.07) is 10.5. The maximum Gasteiger partial charge on any atom is 0.161 e. The van der Waals surface area contributed by atoms with E-state index in [1.807, 2.05) is 10.7 Å². The summed E-state index contributed by atoms with van der Waals surface area (Å²) in [5, 5.41) is 11.7. The van der Waals surface area contributed by atoms with Gasteiger partial charge in [-0.25, -0.2) is 9.97 Å². The predicted octanol–water partition coefficient (Wildman–Crippen LogP) is 2.28. The Bertz CT molecular complexity index is 742. The number of benzene rings is 1. The van der Waals surface area contributed by atoms with Crippen LogP contribution in [0.2, 0.25) is 0 Å². The minimum absolute atomic E-state index is 0.0169. The van der Waals surface area contributed by atoms with E-state index in [1.165, 1.54) is 5.56 Å². The molecule has 3 aromatic rings. The van der Waals surface area contributed by atoms with Gasteiger partial charge in [-0.05, 0) is 18.4 Å². The first-order valence-corrected chi connectivity index (χ1v) is 7.59. The van der Waals surface area contributed by atoms with Crippen LogP contribution in [0, 0.1) is 0 Å². The molecule has 1 unspecified atom stereocenters. The lowest BCUT2D eigenvalue weighted by atomic mass is 9.95. The monoisotopic (exact) mass is 294 g/mol. The molecule has 0 radical (unpaired) electrons. The fourth-order valence-corrected chi connectivity index (χ4v) is 2.93. The molecule has 6 heteroatoms. The van der Waals surface area contributed by atoms with Gasteiger partial charge in [0.2, 0.25) is 0 Å². The quantitative estimate of drug-likeness (QED) is 0.783. The van der Waals surface area contributed by atoms with Crippen molar-refractivity contribution in [3.05, 3.63) is 60.2 Å². The van der Waals surface area contributed by atoms with Gasteiger partial charge in [0.1, 0.15) is 18.5 Å². The number of nitrogens with zero attached hydrogens (tertiary/aromatic N) is 5. The van der Waals surface area contributed by atoms with Gasteiger partial charge >= 0.3 is 0 Å². The maximum atomic E-state index is 4.77. The number of rotatable bonds is 5. The van der Waals surface area contributed by atoms with E-state index in [4.69, 9.17) is 4.98 Å². The van der Waals surface area contributed by atoms with Gasteiger partial charge in [-0.2, -0.15) is 10.2 Å². The summed E-state index contributed by atoms with van der Waals surface area (Å²) in [5.74, 6) is 2.04. The minimum Gasteiger partial charge on any atom is -0.263 e. The summed E-state index contributed by atoms with van der Waals surface area (Å²) in [5.41, 5.74) is 1.33. The van der Waals surface area contributed by atoms with E-state index in [0.717, 1.165) is 31.0 Å². The molecule has 0 saturated heterocycles. The van der Waals surface area contributed by atoms with Gasteiger partial charge in [-0.3, -0.25) is 9.78 Å². The zero-order valence-electron chi connectivity index (χ0n) is 12.5. The zero-order chi connectivity index (χ0) is 15.0. The van der Waals surface area contributed by atoms with E-state index < -0.39 is 0 Å². The molecule has 0 spiro atoms. The second kappa shape index (κ2) is 5.05. The molecule has 4 rings (SSSR count). The molecule has 1 aromatic carbocycles. The Balaban J connectivity index is 1.57. The third kappa shape index (κ3) is 2.20. The highest BCUT2D eigenvalue weighted by atomic mass is 15.3. The summed E-state index contributed by atoms with van der Waals surface area (Å²) in [6.45, 7) is 2.86. The average Bonchev–Trinajstić information content (AvgIpc) is 2.98. The van der Waals surface area contributed by atoms with Crippen LogP contribution < -0.4 is 0 Å². The third-order valence-electron chi connectivity index (χ3n) is 4.40. The SMILES string of the molecule is CC(Cn1cncn1)c1nc(C2(c3ccccc3)CC2)n[nH]1. The van der Waals surface area contributed by atoms with Crippen molar-refractivity contribution in [3.63, 3.8) is 0 Å². The van der Waals surface area contributed by atoms with Crippen molar-refractivity contribution in [1.82, 2.24) is 29.9 Å². The zero-order valence-corrected chi connectivity index (χ0v) is 12.5. The Morgan fingerprint density at radius 2 is 2.09 bits per heavy atom. The van der Waals surface area contributed by atoms with Crippen LogP contribution >= 0.6 is 0 Å². The molecule has 112 valence electrons. The first kappa shape index (κ1) is 13.2.